The minimum atomic E-state index is -5.00. The van der Waals surface area contributed by atoms with E-state index in [1.54, 1.807) is 12.1 Å². The van der Waals surface area contributed by atoms with Crippen molar-refractivity contribution in [3.8, 4) is 16.9 Å². The SMILES string of the molecule is CCCCCCCCCCCCC1CCC(c2ccc(-c3ccc(OC(=O)C(F)(F)F)cc3)cc2)CC1. The molecule has 1 saturated carbocycles. The van der Waals surface area contributed by atoms with E-state index >= 15 is 0 Å². The third-order valence-electron chi connectivity index (χ3n) is 7.82. The number of hydrogen-bond acceptors (Lipinski definition) is 2. The summed E-state index contributed by atoms with van der Waals surface area (Å²) in [5, 5.41) is 0. The number of hydrogen-bond donors (Lipinski definition) is 0. The second-order valence-electron chi connectivity index (χ2n) is 10.7. The smallest absolute Gasteiger partial charge is 0.420 e. The van der Waals surface area contributed by atoms with Crippen LogP contribution in [0.3, 0.4) is 0 Å². The molecule has 3 rings (SSSR count). The highest BCUT2D eigenvalue weighted by Crippen LogP contribution is 2.38. The summed E-state index contributed by atoms with van der Waals surface area (Å²) in [5.41, 5.74) is 3.24. The normalized spacial score (nSPS) is 18.1. The standard InChI is InChI=1S/C32H43F3O2/c1-2-3-4-5-6-7-8-9-10-11-12-25-13-15-26(16-14-25)27-17-19-28(20-18-27)29-21-23-30(24-22-29)37-31(36)32(33,34)35/h17-26H,2-16H2,1H3. The molecule has 2 aromatic carbocycles. The Kier molecular flexibility index (Phi) is 12.0. The molecule has 0 spiro atoms. The van der Waals surface area contributed by atoms with Crippen LogP contribution in [0.4, 0.5) is 13.2 Å². The first-order valence-electron chi connectivity index (χ1n) is 14.4. The van der Waals surface area contributed by atoms with Gasteiger partial charge in [0, 0.05) is 0 Å². The fourth-order valence-corrected chi connectivity index (χ4v) is 5.53. The number of unbranched alkanes of at least 4 members (excludes halogenated alkanes) is 9. The third-order valence-corrected chi connectivity index (χ3v) is 7.82. The average molecular weight is 517 g/mol. The van der Waals surface area contributed by atoms with Crippen molar-refractivity contribution in [1.29, 1.82) is 0 Å². The number of esters is 1. The lowest BCUT2D eigenvalue weighted by atomic mass is 9.77. The molecular formula is C32H43F3O2. The largest absolute Gasteiger partial charge is 0.491 e. The first-order valence-corrected chi connectivity index (χ1v) is 14.4. The topological polar surface area (TPSA) is 26.3 Å². The van der Waals surface area contributed by atoms with E-state index in [1.165, 1.54) is 114 Å². The molecule has 1 aliphatic carbocycles. The lowest BCUT2D eigenvalue weighted by molar-refractivity contribution is -0.189. The summed E-state index contributed by atoms with van der Waals surface area (Å²) in [5.74, 6) is -0.822. The Labute approximate surface area is 221 Å². The molecule has 2 aromatic rings. The van der Waals surface area contributed by atoms with Crippen molar-refractivity contribution < 1.29 is 22.7 Å². The van der Waals surface area contributed by atoms with E-state index in [1.807, 2.05) is 0 Å². The predicted octanol–water partition coefficient (Wildman–Crippen LogP) is 10.4. The number of halogens is 3. The minimum Gasteiger partial charge on any atom is -0.420 e. The molecule has 5 heteroatoms. The number of carbonyl (C=O) groups excluding carboxylic acids is 1. The van der Waals surface area contributed by atoms with Gasteiger partial charge in [0.15, 0.2) is 0 Å². The van der Waals surface area contributed by atoms with E-state index in [0.717, 1.165) is 17.0 Å². The Bertz CT molecular complexity index is 911. The fraction of sp³-hybridized carbons (Fsp3) is 0.594. The van der Waals surface area contributed by atoms with Crippen molar-refractivity contribution in [2.45, 2.75) is 115 Å². The van der Waals surface area contributed by atoms with Crippen molar-refractivity contribution in [2.24, 2.45) is 5.92 Å². The number of ether oxygens (including phenoxy) is 1. The Morgan fingerprint density at radius 2 is 1.22 bits per heavy atom. The van der Waals surface area contributed by atoms with Crippen molar-refractivity contribution in [3.63, 3.8) is 0 Å². The van der Waals surface area contributed by atoms with Crippen LogP contribution in [0, 0.1) is 5.92 Å². The zero-order chi connectivity index (χ0) is 26.5. The van der Waals surface area contributed by atoms with E-state index in [4.69, 9.17) is 0 Å². The molecule has 1 fully saturated rings. The summed E-state index contributed by atoms with van der Waals surface area (Å²) >= 11 is 0. The van der Waals surface area contributed by atoms with Crippen molar-refractivity contribution in [3.05, 3.63) is 54.1 Å². The lowest BCUT2D eigenvalue weighted by Gasteiger charge is -2.29. The number of alkyl halides is 3. The Balaban J connectivity index is 1.34. The Morgan fingerprint density at radius 3 is 1.73 bits per heavy atom. The molecule has 0 aromatic heterocycles. The number of benzene rings is 2. The molecule has 0 radical (unpaired) electrons. The maximum atomic E-state index is 12.4. The fourth-order valence-electron chi connectivity index (χ4n) is 5.53. The Morgan fingerprint density at radius 1 is 0.730 bits per heavy atom. The molecule has 0 aliphatic heterocycles. The van der Waals surface area contributed by atoms with E-state index < -0.39 is 12.1 Å². The van der Waals surface area contributed by atoms with E-state index in [9.17, 15) is 18.0 Å². The van der Waals surface area contributed by atoms with Gasteiger partial charge in [0.05, 0.1) is 0 Å². The zero-order valence-corrected chi connectivity index (χ0v) is 22.3. The zero-order valence-electron chi connectivity index (χ0n) is 22.3. The molecule has 204 valence electrons. The third kappa shape index (κ3) is 10.2. The molecule has 0 unspecified atom stereocenters. The van der Waals surface area contributed by atoms with Crippen LogP contribution in [-0.4, -0.2) is 12.1 Å². The molecule has 0 N–H and O–H groups in total. The quantitative estimate of drug-likeness (QED) is 0.142. The summed E-state index contributed by atoms with van der Waals surface area (Å²) in [6.07, 6.45) is 15.5. The first kappa shape index (κ1) is 29.3. The first-order chi connectivity index (χ1) is 17.9. The molecule has 0 saturated heterocycles. The van der Waals surface area contributed by atoms with Gasteiger partial charge in [-0.25, -0.2) is 4.79 Å². The number of rotatable bonds is 14. The van der Waals surface area contributed by atoms with Gasteiger partial charge in [0.2, 0.25) is 0 Å². The monoisotopic (exact) mass is 516 g/mol. The van der Waals surface area contributed by atoms with Gasteiger partial charge in [-0.3, -0.25) is 0 Å². The summed E-state index contributed by atoms with van der Waals surface area (Å²) in [4.78, 5) is 11.0. The maximum Gasteiger partial charge on any atom is 0.491 e. The molecular weight excluding hydrogens is 473 g/mol. The van der Waals surface area contributed by atoms with E-state index in [0.29, 0.717) is 5.92 Å². The van der Waals surface area contributed by atoms with Crippen LogP contribution in [0.2, 0.25) is 0 Å². The molecule has 0 bridgehead atoms. The van der Waals surface area contributed by atoms with Crippen LogP contribution >= 0.6 is 0 Å². The van der Waals surface area contributed by atoms with Crippen LogP contribution in [0.1, 0.15) is 115 Å². The van der Waals surface area contributed by atoms with Gasteiger partial charge >= 0.3 is 12.1 Å². The second kappa shape index (κ2) is 15.2. The lowest BCUT2D eigenvalue weighted by Crippen LogP contribution is -2.27. The predicted molar refractivity (Wildman–Crippen MR) is 145 cm³/mol. The van der Waals surface area contributed by atoms with Gasteiger partial charge < -0.3 is 4.74 Å². The maximum absolute atomic E-state index is 12.4. The van der Waals surface area contributed by atoms with Gasteiger partial charge in [-0.05, 0) is 66.3 Å². The molecule has 0 heterocycles. The van der Waals surface area contributed by atoms with Gasteiger partial charge in [-0.15, -0.1) is 0 Å². The summed E-state index contributed by atoms with van der Waals surface area (Å²) in [7, 11) is 0. The highest BCUT2D eigenvalue weighted by Gasteiger charge is 2.41. The second-order valence-corrected chi connectivity index (χ2v) is 10.7. The molecule has 2 nitrogen and oxygen atoms in total. The van der Waals surface area contributed by atoms with E-state index in [-0.39, 0.29) is 5.75 Å². The molecule has 37 heavy (non-hydrogen) atoms. The van der Waals surface area contributed by atoms with Crippen LogP contribution < -0.4 is 4.74 Å². The van der Waals surface area contributed by atoms with Crippen molar-refractivity contribution in [1.82, 2.24) is 0 Å². The van der Waals surface area contributed by atoms with E-state index in [2.05, 4.69) is 35.9 Å². The highest BCUT2D eigenvalue weighted by molar-refractivity contribution is 5.78. The van der Waals surface area contributed by atoms with Crippen molar-refractivity contribution >= 4 is 5.97 Å². The molecule has 1 aliphatic rings. The average Bonchev–Trinajstić information content (AvgIpc) is 2.90. The van der Waals surface area contributed by atoms with Gasteiger partial charge in [0.25, 0.3) is 0 Å². The minimum absolute atomic E-state index is 0.114. The highest BCUT2D eigenvalue weighted by atomic mass is 19.4. The van der Waals surface area contributed by atoms with Crippen LogP contribution in [0.15, 0.2) is 48.5 Å². The molecule has 0 atom stereocenters. The van der Waals surface area contributed by atoms with Crippen LogP contribution in [0.5, 0.6) is 5.75 Å². The Hall–Kier alpha value is -2.30. The van der Waals surface area contributed by atoms with Crippen molar-refractivity contribution in [2.75, 3.05) is 0 Å². The van der Waals surface area contributed by atoms with Crippen LogP contribution in [0.25, 0.3) is 11.1 Å². The number of carbonyl (C=O) groups is 1. The van der Waals surface area contributed by atoms with Gasteiger partial charge in [-0.2, -0.15) is 13.2 Å². The van der Waals surface area contributed by atoms with Crippen LogP contribution in [-0.2, 0) is 4.79 Å². The summed E-state index contributed by atoms with van der Waals surface area (Å²) < 4.78 is 41.5. The van der Waals surface area contributed by atoms with Gasteiger partial charge in [0.1, 0.15) is 5.75 Å². The van der Waals surface area contributed by atoms with Gasteiger partial charge in [-0.1, -0.05) is 114 Å². The molecule has 0 amide bonds. The summed E-state index contributed by atoms with van der Waals surface area (Å²) in [6, 6.07) is 14.6. The summed E-state index contributed by atoms with van der Waals surface area (Å²) in [6.45, 7) is 2.27.